The van der Waals surface area contributed by atoms with Crippen molar-refractivity contribution >= 4 is 12.0 Å². The van der Waals surface area contributed by atoms with Crippen LogP contribution in [0, 0.1) is 11.8 Å². The molecule has 7 heteroatoms. The highest BCUT2D eigenvalue weighted by Gasteiger charge is 2.24. The van der Waals surface area contributed by atoms with Gasteiger partial charge in [-0.25, -0.2) is 10.2 Å². The van der Waals surface area contributed by atoms with Gasteiger partial charge in [0.15, 0.2) is 0 Å². The first kappa shape index (κ1) is 17.5. The molecule has 2 amide bonds. The number of rotatable bonds is 9. The van der Waals surface area contributed by atoms with Crippen molar-refractivity contribution in [2.45, 2.75) is 32.1 Å². The number of carbonyl (C=O) groups is 2. The van der Waals surface area contributed by atoms with Gasteiger partial charge in [0.1, 0.15) is 0 Å². The minimum absolute atomic E-state index is 0.211. The molecular weight excluding hydrogens is 274 g/mol. The van der Waals surface area contributed by atoms with Gasteiger partial charge in [-0.15, -0.1) is 0 Å². The van der Waals surface area contributed by atoms with Gasteiger partial charge >= 0.3 is 12.0 Å². The predicted octanol–water partition coefficient (Wildman–Crippen LogP) is 1.01. The number of urea groups is 1. The summed E-state index contributed by atoms with van der Waals surface area (Å²) < 4.78 is 5.50. The Balaban J connectivity index is 2.24. The SMILES string of the molecule is NC(=O)NNCC1CCOCC1CC=CCCCC(=O)O. The lowest BCUT2D eigenvalue weighted by Crippen LogP contribution is -2.45. The second kappa shape index (κ2) is 10.2. The number of carboxylic acid groups (broad SMARTS) is 1. The van der Waals surface area contributed by atoms with Gasteiger partial charge in [-0.2, -0.15) is 0 Å². The summed E-state index contributed by atoms with van der Waals surface area (Å²) in [6, 6.07) is -0.586. The molecule has 1 saturated heterocycles. The third-order valence-corrected chi connectivity index (χ3v) is 3.57. The monoisotopic (exact) mass is 299 g/mol. The number of carbonyl (C=O) groups excluding carboxylic acids is 1. The van der Waals surface area contributed by atoms with Crippen molar-refractivity contribution in [3.63, 3.8) is 0 Å². The van der Waals surface area contributed by atoms with Gasteiger partial charge in [0.05, 0.1) is 0 Å². The van der Waals surface area contributed by atoms with Crippen LogP contribution >= 0.6 is 0 Å². The van der Waals surface area contributed by atoms with Crippen molar-refractivity contribution in [3.05, 3.63) is 12.2 Å². The van der Waals surface area contributed by atoms with Crippen molar-refractivity contribution < 1.29 is 19.4 Å². The van der Waals surface area contributed by atoms with Gasteiger partial charge in [0.25, 0.3) is 0 Å². The number of unbranched alkanes of at least 4 members (excludes halogenated alkanes) is 1. The van der Waals surface area contributed by atoms with Crippen molar-refractivity contribution in [3.8, 4) is 0 Å². The number of aliphatic carboxylic acids is 1. The van der Waals surface area contributed by atoms with E-state index in [0.717, 1.165) is 25.9 Å². The minimum Gasteiger partial charge on any atom is -0.481 e. The fourth-order valence-electron chi connectivity index (χ4n) is 2.40. The molecule has 1 fully saturated rings. The summed E-state index contributed by atoms with van der Waals surface area (Å²) in [7, 11) is 0. The molecular formula is C14H25N3O4. The number of carboxylic acids is 1. The van der Waals surface area contributed by atoms with Gasteiger partial charge < -0.3 is 15.6 Å². The standard InChI is InChI=1S/C14H25N3O4/c15-14(20)17-16-9-11-7-8-21-10-12(11)5-3-1-2-4-6-13(18)19/h1,3,11-12,16H,2,4-10H2,(H,18,19)(H3,15,17,20). The highest BCUT2D eigenvalue weighted by atomic mass is 16.5. The third kappa shape index (κ3) is 8.31. The Morgan fingerprint density at radius 3 is 2.86 bits per heavy atom. The summed E-state index contributed by atoms with van der Waals surface area (Å²) in [4.78, 5) is 21.0. The molecule has 0 saturated carbocycles. The highest BCUT2D eigenvalue weighted by molar-refractivity contribution is 5.70. The summed E-state index contributed by atoms with van der Waals surface area (Å²) >= 11 is 0. The lowest BCUT2D eigenvalue weighted by atomic mass is 9.86. The molecule has 1 aliphatic heterocycles. The zero-order valence-electron chi connectivity index (χ0n) is 12.2. The molecule has 0 aromatic carbocycles. The number of nitrogens with two attached hydrogens (primary N) is 1. The molecule has 0 aromatic rings. The Bertz CT molecular complexity index is 360. The number of ether oxygens (including phenoxy) is 1. The zero-order chi connectivity index (χ0) is 15.5. The molecule has 0 aliphatic carbocycles. The maximum atomic E-state index is 10.6. The molecule has 21 heavy (non-hydrogen) atoms. The largest absolute Gasteiger partial charge is 0.481 e. The van der Waals surface area contributed by atoms with Gasteiger partial charge in [0.2, 0.25) is 0 Å². The van der Waals surface area contributed by atoms with Gasteiger partial charge in [-0.3, -0.25) is 10.2 Å². The molecule has 7 nitrogen and oxygen atoms in total. The number of hydrogen-bond acceptors (Lipinski definition) is 4. The molecule has 0 radical (unpaired) electrons. The van der Waals surface area contributed by atoms with Crippen LogP contribution in [0.2, 0.25) is 0 Å². The Morgan fingerprint density at radius 1 is 1.33 bits per heavy atom. The zero-order valence-corrected chi connectivity index (χ0v) is 12.2. The van der Waals surface area contributed by atoms with E-state index in [1.807, 2.05) is 6.08 Å². The Kier molecular flexibility index (Phi) is 8.45. The van der Waals surface area contributed by atoms with E-state index in [2.05, 4.69) is 16.9 Å². The van der Waals surface area contributed by atoms with Crippen LogP contribution in [-0.2, 0) is 9.53 Å². The van der Waals surface area contributed by atoms with Crippen molar-refractivity contribution in [2.75, 3.05) is 19.8 Å². The number of hydrazine groups is 1. The topological polar surface area (TPSA) is 114 Å². The van der Waals surface area contributed by atoms with Gasteiger partial charge in [0, 0.05) is 26.2 Å². The average molecular weight is 299 g/mol. The fraction of sp³-hybridized carbons (Fsp3) is 0.714. The molecule has 2 atom stereocenters. The van der Waals surface area contributed by atoms with Crippen molar-refractivity contribution in [1.82, 2.24) is 10.9 Å². The molecule has 1 heterocycles. The number of nitrogens with one attached hydrogen (secondary N) is 2. The average Bonchev–Trinajstić information content (AvgIpc) is 2.43. The Hall–Kier alpha value is -1.60. The van der Waals surface area contributed by atoms with Crippen LogP contribution in [0.15, 0.2) is 12.2 Å². The van der Waals surface area contributed by atoms with Gasteiger partial charge in [-0.05, 0) is 37.5 Å². The first-order chi connectivity index (χ1) is 10.1. The normalized spacial score (nSPS) is 22.3. The fourth-order valence-corrected chi connectivity index (χ4v) is 2.40. The number of amides is 2. The maximum Gasteiger partial charge on any atom is 0.326 e. The molecule has 5 N–H and O–H groups in total. The summed E-state index contributed by atoms with van der Waals surface area (Å²) in [6.07, 6.45) is 7.63. The van der Waals surface area contributed by atoms with Gasteiger partial charge in [-0.1, -0.05) is 12.2 Å². The Morgan fingerprint density at radius 2 is 2.14 bits per heavy atom. The summed E-state index contributed by atoms with van der Waals surface area (Å²) in [5, 5.41) is 8.54. The van der Waals surface area contributed by atoms with E-state index >= 15 is 0 Å². The van der Waals surface area contributed by atoms with Crippen LogP contribution < -0.4 is 16.6 Å². The van der Waals surface area contributed by atoms with Crippen LogP contribution in [0.5, 0.6) is 0 Å². The first-order valence-electron chi connectivity index (χ1n) is 7.32. The van der Waals surface area contributed by atoms with E-state index in [1.54, 1.807) is 0 Å². The molecule has 0 spiro atoms. The van der Waals surface area contributed by atoms with Crippen molar-refractivity contribution in [1.29, 1.82) is 0 Å². The van der Waals surface area contributed by atoms with E-state index in [0.29, 0.717) is 31.4 Å². The van der Waals surface area contributed by atoms with Crippen LogP contribution in [0.25, 0.3) is 0 Å². The lowest BCUT2D eigenvalue weighted by molar-refractivity contribution is -0.137. The number of hydrogen-bond donors (Lipinski definition) is 4. The summed E-state index contributed by atoms with van der Waals surface area (Å²) in [5.41, 5.74) is 10.2. The minimum atomic E-state index is -0.753. The van der Waals surface area contributed by atoms with E-state index in [9.17, 15) is 9.59 Å². The third-order valence-electron chi connectivity index (χ3n) is 3.57. The van der Waals surface area contributed by atoms with Crippen LogP contribution in [0.1, 0.15) is 32.1 Å². The maximum absolute atomic E-state index is 10.6. The summed E-state index contributed by atoms with van der Waals surface area (Å²) in [5.74, 6) is 0.0723. The summed E-state index contributed by atoms with van der Waals surface area (Å²) in [6.45, 7) is 2.12. The van der Waals surface area contributed by atoms with E-state index in [1.165, 1.54) is 0 Å². The van der Waals surface area contributed by atoms with Crippen LogP contribution in [0.3, 0.4) is 0 Å². The molecule has 2 unspecified atom stereocenters. The number of allylic oxidation sites excluding steroid dienone is 2. The molecule has 1 aliphatic rings. The second-order valence-electron chi connectivity index (χ2n) is 5.25. The first-order valence-corrected chi connectivity index (χ1v) is 7.32. The molecule has 0 aromatic heterocycles. The van der Waals surface area contributed by atoms with Crippen LogP contribution in [-0.4, -0.2) is 36.9 Å². The molecule has 0 bridgehead atoms. The Labute approximate surface area is 124 Å². The molecule has 120 valence electrons. The smallest absolute Gasteiger partial charge is 0.326 e. The lowest BCUT2D eigenvalue weighted by Gasteiger charge is -2.31. The van der Waals surface area contributed by atoms with E-state index in [-0.39, 0.29) is 6.42 Å². The quantitative estimate of drug-likeness (QED) is 0.288. The van der Waals surface area contributed by atoms with E-state index in [4.69, 9.17) is 15.6 Å². The van der Waals surface area contributed by atoms with E-state index < -0.39 is 12.0 Å². The second-order valence-corrected chi connectivity index (χ2v) is 5.25. The molecule has 1 rings (SSSR count). The van der Waals surface area contributed by atoms with Crippen molar-refractivity contribution in [2.24, 2.45) is 17.6 Å². The number of primary amides is 1. The van der Waals surface area contributed by atoms with Crippen LogP contribution in [0.4, 0.5) is 4.79 Å². The highest BCUT2D eigenvalue weighted by Crippen LogP contribution is 2.24. The predicted molar refractivity (Wildman–Crippen MR) is 78.4 cm³/mol.